The van der Waals surface area contributed by atoms with Crippen molar-refractivity contribution >= 4 is 44.2 Å². The van der Waals surface area contributed by atoms with E-state index >= 15 is 0 Å². The van der Waals surface area contributed by atoms with Crippen LogP contribution in [0.1, 0.15) is 32.1 Å². The highest BCUT2D eigenvalue weighted by Crippen LogP contribution is 2.30. The Morgan fingerprint density at radius 3 is 2.74 bits per heavy atom. The van der Waals surface area contributed by atoms with E-state index in [4.69, 9.17) is 0 Å². The van der Waals surface area contributed by atoms with Crippen LogP contribution in [0.2, 0.25) is 0 Å². The van der Waals surface area contributed by atoms with Gasteiger partial charge >= 0.3 is 0 Å². The number of aromatic nitrogens is 1. The van der Waals surface area contributed by atoms with Gasteiger partial charge in [-0.3, -0.25) is 14.5 Å². The molecule has 0 aromatic carbocycles. The third kappa shape index (κ3) is 2.53. The molecule has 3 rings (SSSR count). The number of hydrogen-bond donors (Lipinski definition) is 1. The highest BCUT2D eigenvalue weighted by Gasteiger charge is 2.43. The Balaban J connectivity index is 1.71. The molecular weight excluding hydrogens is 330 g/mol. The molecule has 1 aromatic rings. The average Bonchev–Trinajstić information content (AvgIpc) is 3.04. The number of carbonyl (C=O) groups excluding carboxylic acids is 2. The Morgan fingerprint density at radius 1 is 1.37 bits per heavy atom. The first-order chi connectivity index (χ1) is 9.15. The minimum Gasteiger partial charge on any atom is -0.349 e. The van der Waals surface area contributed by atoms with Crippen molar-refractivity contribution in [3.63, 3.8) is 0 Å². The van der Waals surface area contributed by atoms with Crippen molar-refractivity contribution in [3.8, 4) is 0 Å². The van der Waals surface area contributed by atoms with E-state index < -0.39 is 6.04 Å². The number of carbonyl (C=O) groups is 2. The van der Waals surface area contributed by atoms with Crippen molar-refractivity contribution in [2.24, 2.45) is 0 Å². The molecule has 2 aliphatic rings. The van der Waals surface area contributed by atoms with Crippen molar-refractivity contribution in [2.45, 2.75) is 44.2 Å². The summed E-state index contributed by atoms with van der Waals surface area (Å²) in [6.45, 7) is 0. The molecule has 2 fully saturated rings. The van der Waals surface area contributed by atoms with E-state index in [-0.39, 0.29) is 24.3 Å². The van der Waals surface area contributed by atoms with Crippen LogP contribution in [-0.4, -0.2) is 33.8 Å². The Hall–Kier alpha value is -0.950. The van der Waals surface area contributed by atoms with E-state index in [0.717, 1.165) is 29.5 Å². The third-order valence-electron chi connectivity index (χ3n) is 3.65. The summed E-state index contributed by atoms with van der Waals surface area (Å²) >= 11 is 4.75. The fraction of sp³-hybridized carbons (Fsp3) is 0.583. The van der Waals surface area contributed by atoms with E-state index in [9.17, 15) is 9.59 Å². The molecular formula is C12H14BrN3O2S. The largest absolute Gasteiger partial charge is 0.349 e. The van der Waals surface area contributed by atoms with Gasteiger partial charge in [0.2, 0.25) is 5.91 Å². The predicted octanol–water partition coefficient (Wildman–Crippen LogP) is 2.39. The van der Waals surface area contributed by atoms with Gasteiger partial charge in [0.15, 0.2) is 5.13 Å². The van der Waals surface area contributed by atoms with Gasteiger partial charge in [0.25, 0.3) is 5.91 Å². The second kappa shape index (κ2) is 5.20. The van der Waals surface area contributed by atoms with Gasteiger partial charge < -0.3 is 5.32 Å². The molecule has 2 amide bonds. The first-order valence-corrected chi connectivity index (χ1v) is 8.00. The Kier molecular flexibility index (Phi) is 3.58. The number of thiazole rings is 1. The van der Waals surface area contributed by atoms with E-state index in [1.807, 2.05) is 0 Å². The van der Waals surface area contributed by atoms with Gasteiger partial charge in [0, 0.05) is 6.04 Å². The van der Waals surface area contributed by atoms with Crippen LogP contribution >= 0.6 is 27.3 Å². The van der Waals surface area contributed by atoms with Gasteiger partial charge in [0.1, 0.15) is 6.04 Å². The lowest BCUT2D eigenvalue weighted by Crippen LogP contribution is -2.40. The van der Waals surface area contributed by atoms with Gasteiger partial charge in [-0.05, 0) is 28.8 Å². The van der Waals surface area contributed by atoms with Crippen molar-refractivity contribution < 1.29 is 9.59 Å². The number of likely N-dealkylation sites (tertiary alicyclic amines) is 1. The number of nitrogens with one attached hydrogen (secondary N) is 1. The van der Waals surface area contributed by atoms with Crippen LogP contribution in [0.25, 0.3) is 0 Å². The minimum absolute atomic E-state index is 0.0509. The molecule has 1 aliphatic carbocycles. The number of anilines is 1. The van der Waals surface area contributed by atoms with E-state index in [0.29, 0.717) is 5.13 Å². The zero-order valence-corrected chi connectivity index (χ0v) is 12.7. The average molecular weight is 344 g/mol. The van der Waals surface area contributed by atoms with Crippen LogP contribution in [0.5, 0.6) is 0 Å². The standard InChI is InChI=1S/C12H14BrN3O2S/c13-9-6-14-12(19-9)15-8-5-10(17)16(11(8)18)7-3-1-2-4-7/h6-8H,1-5H2,(H,14,15). The molecule has 1 saturated carbocycles. The zero-order chi connectivity index (χ0) is 13.4. The lowest BCUT2D eigenvalue weighted by atomic mass is 10.2. The SMILES string of the molecule is O=C1CC(Nc2ncc(Br)s2)C(=O)N1C1CCCC1. The van der Waals surface area contributed by atoms with Gasteiger partial charge in [-0.2, -0.15) is 0 Å². The molecule has 1 saturated heterocycles. The third-order valence-corrected chi connectivity index (χ3v) is 5.06. The molecule has 1 unspecified atom stereocenters. The highest BCUT2D eigenvalue weighted by atomic mass is 79.9. The topological polar surface area (TPSA) is 62.3 Å². The molecule has 0 bridgehead atoms. The van der Waals surface area contributed by atoms with Crippen LogP contribution in [-0.2, 0) is 9.59 Å². The summed E-state index contributed by atoms with van der Waals surface area (Å²) < 4.78 is 0.902. The number of amides is 2. The van der Waals surface area contributed by atoms with Crippen LogP contribution in [0.15, 0.2) is 9.98 Å². The van der Waals surface area contributed by atoms with Crippen molar-refractivity contribution in [1.29, 1.82) is 0 Å². The maximum Gasteiger partial charge on any atom is 0.252 e. The van der Waals surface area contributed by atoms with Crippen LogP contribution in [0.3, 0.4) is 0 Å². The second-order valence-electron chi connectivity index (χ2n) is 4.91. The quantitative estimate of drug-likeness (QED) is 0.856. The molecule has 1 atom stereocenters. The number of rotatable bonds is 3. The lowest BCUT2D eigenvalue weighted by Gasteiger charge is -2.22. The Labute approximate surface area is 123 Å². The first kappa shape index (κ1) is 13.1. The Morgan fingerprint density at radius 2 is 2.11 bits per heavy atom. The van der Waals surface area contributed by atoms with Crippen LogP contribution < -0.4 is 5.32 Å². The van der Waals surface area contributed by atoms with Crippen LogP contribution in [0.4, 0.5) is 5.13 Å². The Bertz CT molecular complexity index is 513. The van der Waals surface area contributed by atoms with E-state index in [1.165, 1.54) is 16.2 Å². The summed E-state index contributed by atoms with van der Waals surface area (Å²) in [5, 5.41) is 3.73. The molecule has 0 radical (unpaired) electrons. The van der Waals surface area contributed by atoms with Gasteiger partial charge in [0.05, 0.1) is 16.4 Å². The number of hydrogen-bond acceptors (Lipinski definition) is 5. The summed E-state index contributed by atoms with van der Waals surface area (Å²) in [5.74, 6) is -0.145. The fourth-order valence-corrected chi connectivity index (χ4v) is 3.94. The molecule has 1 aromatic heterocycles. The van der Waals surface area contributed by atoms with Gasteiger partial charge in [-0.25, -0.2) is 4.98 Å². The minimum atomic E-state index is -0.453. The van der Waals surface area contributed by atoms with Gasteiger partial charge in [-0.1, -0.05) is 24.2 Å². The summed E-state index contributed by atoms with van der Waals surface area (Å²) in [6.07, 6.45) is 6.05. The number of halogens is 1. The van der Waals surface area contributed by atoms with E-state index in [2.05, 4.69) is 26.2 Å². The smallest absolute Gasteiger partial charge is 0.252 e. The maximum absolute atomic E-state index is 12.3. The molecule has 5 nitrogen and oxygen atoms in total. The van der Waals surface area contributed by atoms with Crippen molar-refractivity contribution in [2.75, 3.05) is 5.32 Å². The summed E-state index contributed by atoms with van der Waals surface area (Å²) in [5.41, 5.74) is 0. The van der Waals surface area contributed by atoms with E-state index in [1.54, 1.807) is 6.20 Å². The molecule has 2 heterocycles. The molecule has 7 heteroatoms. The van der Waals surface area contributed by atoms with Crippen molar-refractivity contribution in [1.82, 2.24) is 9.88 Å². The second-order valence-corrected chi connectivity index (χ2v) is 7.32. The molecule has 1 N–H and O–H groups in total. The number of nitrogens with zero attached hydrogens (tertiary/aromatic N) is 2. The fourth-order valence-electron chi connectivity index (χ4n) is 2.78. The summed E-state index contributed by atoms with van der Waals surface area (Å²) in [7, 11) is 0. The normalized spacial score (nSPS) is 24.5. The molecule has 1 aliphatic heterocycles. The lowest BCUT2D eigenvalue weighted by molar-refractivity contribution is -0.141. The molecule has 102 valence electrons. The predicted molar refractivity (Wildman–Crippen MR) is 76.0 cm³/mol. The highest BCUT2D eigenvalue weighted by molar-refractivity contribution is 9.11. The maximum atomic E-state index is 12.3. The first-order valence-electron chi connectivity index (χ1n) is 6.39. The molecule has 19 heavy (non-hydrogen) atoms. The summed E-state index contributed by atoms with van der Waals surface area (Å²) in [6, 6.07) is -0.332. The van der Waals surface area contributed by atoms with Gasteiger partial charge in [-0.15, -0.1) is 0 Å². The van der Waals surface area contributed by atoms with Crippen molar-refractivity contribution in [3.05, 3.63) is 9.98 Å². The van der Waals surface area contributed by atoms with Crippen LogP contribution in [0, 0.1) is 0 Å². The molecule has 0 spiro atoms. The zero-order valence-electron chi connectivity index (χ0n) is 10.3. The summed E-state index contributed by atoms with van der Waals surface area (Å²) in [4.78, 5) is 30.0. The number of imide groups is 1. The monoisotopic (exact) mass is 343 g/mol.